The molecule has 0 aliphatic rings. The largest absolute Gasteiger partial charge is 0.378 e. The van der Waals surface area contributed by atoms with E-state index in [9.17, 15) is 0 Å². The summed E-state index contributed by atoms with van der Waals surface area (Å²) in [7, 11) is 0. The number of hydrogen-bond acceptors (Lipinski definition) is 2. The van der Waals surface area contributed by atoms with Gasteiger partial charge >= 0.3 is 0 Å². The molecule has 1 aromatic carbocycles. The van der Waals surface area contributed by atoms with Crippen LogP contribution < -0.4 is 5.32 Å². The lowest BCUT2D eigenvalue weighted by molar-refractivity contribution is 0.632. The van der Waals surface area contributed by atoms with Crippen molar-refractivity contribution in [3.05, 3.63) is 46.8 Å². The van der Waals surface area contributed by atoms with E-state index >= 15 is 0 Å². The molecule has 108 valence electrons. The summed E-state index contributed by atoms with van der Waals surface area (Å²) >= 11 is 0. The van der Waals surface area contributed by atoms with Gasteiger partial charge in [0.1, 0.15) is 0 Å². The average Bonchev–Trinajstić information content (AvgIpc) is 2.74. The normalized spacial score (nSPS) is 12.4. The molecule has 1 unspecified atom stereocenters. The van der Waals surface area contributed by atoms with Crippen molar-refractivity contribution in [2.75, 3.05) is 5.32 Å². The Labute approximate surface area is 122 Å². The summed E-state index contributed by atoms with van der Waals surface area (Å²) in [5.74, 6) is 0. The molecule has 20 heavy (non-hydrogen) atoms. The highest BCUT2D eigenvalue weighted by Gasteiger charge is 2.16. The third-order valence-electron chi connectivity index (χ3n) is 3.92. The van der Waals surface area contributed by atoms with E-state index in [1.165, 1.54) is 16.8 Å². The molecule has 3 nitrogen and oxygen atoms in total. The van der Waals surface area contributed by atoms with Crippen LogP contribution in [-0.4, -0.2) is 9.78 Å². The van der Waals surface area contributed by atoms with Crippen LogP contribution in [0.25, 0.3) is 0 Å². The number of aromatic nitrogens is 2. The lowest BCUT2D eigenvalue weighted by Gasteiger charge is -2.16. The maximum atomic E-state index is 4.60. The SMILES string of the molecule is CCc1ccc(NC(C)c2c(C)nn(CC)c2C)cc1. The quantitative estimate of drug-likeness (QED) is 0.880. The third kappa shape index (κ3) is 2.87. The van der Waals surface area contributed by atoms with Gasteiger partial charge in [-0.25, -0.2) is 0 Å². The minimum Gasteiger partial charge on any atom is -0.378 e. The topological polar surface area (TPSA) is 29.9 Å². The fourth-order valence-corrected chi connectivity index (χ4v) is 2.80. The molecule has 1 N–H and O–H groups in total. The van der Waals surface area contributed by atoms with Gasteiger partial charge in [0.25, 0.3) is 0 Å². The van der Waals surface area contributed by atoms with Gasteiger partial charge in [-0.3, -0.25) is 4.68 Å². The molecule has 1 aromatic heterocycles. The van der Waals surface area contributed by atoms with Crippen molar-refractivity contribution < 1.29 is 0 Å². The lowest BCUT2D eigenvalue weighted by atomic mass is 10.1. The van der Waals surface area contributed by atoms with E-state index in [2.05, 4.69) is 74.0 Å². The van der Waals surface area contributed by atoms with E-state index in [1.807, 2.05) is 0 Å². The molecule has 0 aliphatic heterocycles. The van der Waals surface area contributed by atoms with Crippen LogP contribution in [0.4, 0.5) is 5.69 Å². The van der Waals surface area contributed by atoms with Gasteiger partial charge in [0.05, 0.1) is 11.7 Å². The highest BCUT2D eigenvalue weighted by Crippen LogP contribution is 2.25. The van der Waals surface area contributed by atoms with Crippen molar-refractivity contribution in [3.63, 3.8) is 0 Å². The fraction of sp³-hybridized carbons (Fsp3) is 0.471. The van der Waals surface area contributed by atoms with Crippen LogP contribution in [-0.2, 0) is 13.0 Å². The van der Waals surface area contributed by atoms with Crippen molar-refractivity contribution in [3.8, 4) is 0 Å². The van der Waals surface area contributed by atoms with Gasteiger partial charge < -0.3 is 5.32 Å². The summed E-state index contributed by atoms with van der Waals surface area (Å²) in [4.78, 5) is 0. The van der Waals surface area contributed by atoms with Crippen LogP contribution in [0.1, 0.15) is 49.3 Å². The van der Waals surface area contributed by atoms with E-state index in [-0.39, 0.29) is 6.04 Å². The zero-order valence-corrected chi connectivity index (χ0v) is 13.2. The Kier molecular flexibility index (Phi) is 4.48. The number of anilines is 1. The highest BCUT2D eigenvalue weighted by molar-refractivity contribution is 5.47. The number of hydrogen-bond donors (Lipinski definition) is 1. The van der Waals surface area contributed by atoms with E-state index in [4.69, 9.17) is 0 Å². The zero-order chi connectivity index (χ0) is 14.7. The summed E-state index contributed by atoms with van der Waals surface area (Å²) in [5.41, 5.74) is 6.23. The Morgan fingerprint density at radius 3 is 2.30 bits per heavy atom. The molecule has 0 bridgehead atoms. The number of benzene rings is 1. The standard InChI is InChI=1S/C17H25N3/c1-6-15-8-10-16(11-9-15)18-12(3)17-13(4)19-20(7-2)14(17)5/h8-12,18H,6-7H2,1-5H3. The highest BCUT2D eigenvalue weighted by atomic mass is 15.3. The van der Waals surface area contributed by atoms with Crippen molar-refractivity contribution in [1.29, 1.82) is 0 Å². The van der Waals surface area contributed by atoms with E-state index in [1.54, 1.807) is 0 Å². The second kappa shape index (κ2) is 6.12. The van der Waals surface area contributed by atoms with Gasteiger partial charge in [-0.05, 0) is 51.8 Å². The maximum absolute atomic E-state index is 4.60. The molecule has 2 rings (SSSR count). The minimum atomic E-state index is 0.266. The van der Waals surface area contributed by atoms with Crippen LogP contribution in [0.5, 0.6) is 0 Å². The predicted molar refractivity (Wildman–Crippen MR) is 85.2 cm³/mol. The van der Waals surface area contributed by atoms with Crippen molar-refractivity contribution >= 4 is 5.69 Å². The van der Waals surface area contributed by atoms with Crippen molar-refractivity contribution in [1.82, 2.24) is 9.78 Å². The first-order valence-corrected chi connectivity index (χ1v) is 7.46. The summed E-state index contributed by atoms with van der Waals surface area (Å²) < 4.78 is 2.07. The molecule has 1 heterocycles. The summed E-state index contributed by atoms with van der Waals surface area (Å²) in [6.45, 7) is 11.7. The van der Waals surface area contributed by atoms with Crippen molar-refractivity contribution in [2.45, 2.75) is 53.6 Å². The number of aryl methyl sites for hydroxylation is 3. The fourth-order valence-electron chi connectivity index (χ4n) is 2.80. The van der Waals surface area contributed by atoms with E-state index in [0.717, 1.165) is 24.3 Å². The number of rotatable bonds is 5. The van der Waals surface area contributed by atoms with Gasteiger partial charge in [-0.1, -0.05) is 19.1 Å². The van der Waals surface area contributed by atoms with Crippen LogP contribution >= 0.6 is 0 Å². The average molecular weight is 271 g/mol. The first kappa shape index (κ1) is 14.6. The molecule has 0 amide bonds. The lowest BCUT2D eigenvalue weighted by Crippen LogP contribution is -2.09. The Morgan fingerprint density at radius 2 is 1.80 bits per heavy atom. The van der Waals surface area contributed by atoms with E-state index < -0.39 is 0 Å². The van der Waals surface area contributed by atoms with Gasteiger partial charge in [0, 0.05) is 23.5 Å². The molecule has 2 aromatic rings. The van der Waals surface area contributed by atoms with Crippen molar-refractivity contribution in [2.24, 2.45) is 0 Å². The maximum Gasteiger partial charge on any atom is 0.0649 e. The van der Waals surface area contributed by atoms with Gasteiger partial charge in [0.15, 0.2) is 0 Å². The second-order valence-electron chi connectivity index (χ2n) is 5.32. The molecule has 0 saturated heterocycles. The van der Waals surface area contributed by atoms with E-state index in [0.29, 0.717) is 0 Å². The summed E-state index contributed by atoms with van der Waals surface area (Å²) in [6, 6.07) is 8.95. The summed E-state index contributed by atoms with van der Waals surface area (Å²) in [6.07, 6.45) is 1.08. The third-order valence-corrected chi connectivity index (χ3v) is 3.92. The molecule has 3 heteroatoms. The second-order valence-corrected chi connectivity index (χ2v) is 5.32. The number of nitrogens with zero attached hydrogens (tertiary/aromatic N) is 2. The van der Waals surface area contributed by atoms with Crippen LogP contribution in [0.3, 0.4) is 0 Å². The molecule has 0 aliphatic carbocycles. The van der Waals surface area contributed by atoms with Crippen LogP contribution in [0.2, 0.25) is 0 Å². The first-order valence-electron chi connectivity index (χ1n) is 7.46. The molecule has 0 fully saturated rings. The Hall–Kier alpha value is -1.77. The Balaban J connectivity index is 2.19. The van der Waals surface area contributed by atoms with Crippen LogP contribution in [0.15, 0.2) is 24.3 Å². The summed E-state index contributed by atoms with van der Waals surface area (Å²) in [5, 5.41) is 8.17. The van der Waals surface area contributed by atoms with Gasteiger partial charge in [-0.2, -0.15) is 5.10 Å². The Bertz CT molecular complexity index is 567. The van der Waals surface area contributed by atoms with Gasteiger partial charge in [-0.15, -0.1) is 0 Å². The Morgan fingerprint density at radius 1 is 1.15 bits per heavy atom. The minimum absolute atomic E-state index is 0.266. The molecule has 0 spiro atoms. The molecule has 0 saturated carbocycles. The van der Waals surface area contributed by atoms with Crippen LogP contribution in [0, 0.1) is 13.8 Å². The number of nitrogens with one attached hydrogen (secondary N) is 1. The molecule has 0 radical (unpaired) electrons. The molecule has 1 atom stereocenters. The monoisotopic (exact) mass is 271 g/mol. The predicted octanol–water partition coefficient (Wildman–Crippen LogP) is 4.26. The van der Waals surface area contributed by atoms with Gasteiger partial charge in [0.2, 0.25) is 0 Å². The molecular formula is C17H25N3. The zero-order valence-electron chi connectivity index (χ0n) is 13.2. The smallest absolute Gasteiger partial charge is 0.0649 e. The first-order chi connectivity index (χ1) is 9.56. The molecular weight excluding hydrogens is 246 g/mol.